The topological polar surface area (TPSA) is 71.4 Å². The number of imide groups is 1. The molecule has 1 fully saturated rings. The summed E-state index contributed by atoms with van der Waals surface area (Å²) in [6.07, 6.45) is 3.61. The first-order valence-corrected chi connectivity index (χ1v) is 12.1. The van der Waals surface area contributed by atoms with E-state index in [0.717, 1.165) is 39.4 Å². The summed E-state index contributed by atoms with van der Waals surface area (Å²) in [6.45, 7) is 0.850. The molecular formula is C28H23N3O3S. The number of fused-ring (bicyclic) bond motifs is 1. The van der Waals surface area contributed by atoms with E-state index in [1.54, 1.807) is 6.08 Å². The van der Waals surface area contributed by atoms with Crippen molar-refractivity contribution >= 4 is 45.8 Å². The second kappa shape index (κ2) is 10.0. The van der Waals surface area contributed by atoms with Crippen molar-refractivity contribution in [2.75, 3.05) is 0 Å². The fourth-order valence-corrected chi connectivity index (χ4v) is 4.90. The van der Waals surface area contributed by atoms with Gasteiger partial charge in [0.05, 0.1) is 11.4 Å². The van der Waals surface area contributed by atoms with Crippen molar-refractivity contribution in [3.63, 3.8) is 0 Å². The van der Waals surface area contributed by atoms with Crippen LogP contribution in [0.2, 0.25) is 0 Å². The van der Waals surface area contributed by atoms with Gasteiger partial charge in [-0.05, 0) is 35.0 Å². The summed E-state index contributed by atoms with van der Waals surface area (Å²) in [5.74, 6) is -0.411. The third-order valence-corrected chi connectivity index (χ3v) is 6.72. The largest absolute Gasteiger partial charge is 0.350 e. The predicted molar refractivity (Wildman–Crippen MR) is 138 cm³/mol. The third-order valence-electron chi connectivity index (χ3n) is 5.81. The Kier molecular flexibility index (Phi) is 6.50. The van der Waals surface area contributed by atoms with Gasteiger partial charge in [0.25, 0.3) is 11.1 Å². The maximum Gasteiger partial charge on any atom is 0.293 e. The quantitative estimate of drug-likeness (QED) is 0.369. The van der Waals surface area contributed by atoms with Crippen LogP contribution in [0.3, 0.4) is 0 Å². The number of hydrogen-bond acceptors (Lipinski definition) is 4. The number of rotatable bonds is 7. The molecule has 6 nitrogen and oxygen atoms in total. The van der Waals surface area contributed by atoms with Crippen LogP contribution in [0.4, 0.5) is 4.79 Å². The van der Waals surface area contributed by atoms with Crippen molar-refractivity contribution in [3.8, 4) is 0 Å². The molecule has 0 radical (unpaired) electrons. The summed E-state index contributed by atoms with van der Waals surface area (Å²) < 4.78 is 1.87. The van der Waals surface area contributed by atoms with Gasteiger partial charge in [-0.15, -0.1) is 0 Å². The number of amides is 3. The number of carbonyl (C=O) groups is 3. The molecule has 0 spiro atoms. The van der Waals surface area contributed by atoms with Gasteiger partial charge < -0.3 is 9.88 Å². The number of carbonyl (C=O) groups excluding carboxylic acids is 3. The normalized spacial score (nSPS) is 14.7. The van der Waals surface area contributed by atoms with E-state index in [2.05, 4.69) is 5.32 Å². The van der Waals surface area contributed by atoms with Gasteiger partial charge in [-0.1, -0.05) is 78.9 Å². The molecule has 35 heavy (non-hydrogen) atoms. The number of nitrogens with one attached hydrogen (secondary N) is 1. The predicted octanol–water partition coefficient (Wildman–Crippen LogP) is 5.19. The van der Waals surface area contributed by atoms with Gasteiger partial charge >= 0.3 is 0 Å². The summed E-state index contributed by atoms with van der Waals surface area (Å²) >= 11 is 0.943. The minimum atomic E-state index is -0.304. The van der Waals surface area contributed by atoms with Crippen molar-refractivity contribution in [3.05, 3.63) is 113 Å². The van der Waals surface area contributed by atoms with E-state index in [1.807, 2.05) is 95.7 Å². The van der Waals surface area contributed by atoms with Crippen molar-refractivity contribution < 1.29 is 14.4 Å². The lowest BCUT2D eigenvalue weighted by atomic mass is 10.1. The molecule has 5 rings (SSSR count). The Hall–Kier alpha value is -4.10. The highest BCUT2D eigenvalue weighted by Gasteiger charge is 2.35. The van der Waals surface area contributed by atoms with E-state index in [-0.39, 0.29) is 30.1 Å². The molecule has 4 aromatic rings. The monoisotopic (exact) mass is 481 g/mol. The molecule has 7 heteroatoms. The maximum atomic E-state index is 13.0. The zero-order valence-electron chi connectivity index (χ0n) is 18.9. The second-order valence-electron chi connectivity index (χ2n) is 8.25. The number of hydrogen-bond donors (Lipinski definition) is 1. The van der Waals surface area contributed by atoms with Crippen molar-refractivity contribution in [2.45, 2.75) is 19.6 Å². The molecule has 0 aliphatic carbocycles. The molecule has 1 aliphatic heterocycles. The van der Waals surface area contributed by atoms with Gasteiger partial charge in [-0.25, -0.2) is 0 Å². The Balaban J connectivity index is 1.36. The van der Waals surface area contributed by atoms with Gasteiger partial charge in [-0.3, -0.25) is 19.3 Å². The Morgan fingerprint density at radius 3 is 2.26 bits per heavy atom. The van der Waals surface area contributed by atoms with E-state index < -0.39 is 0 Å². The summed E-state index contributed by atoms with van der Waals surface area (Å²) in [5, 5.41) is 3.58. The minimum Gasteiger partial charge on any atom is -0.350 e. The fourth-order valence-electron chi connectivity index (χ4n) is 4.07. The van der Waals surface area contributed by atoms with Crippen LogP contribution in [0, 0.1) is 0 Å². The molecule has 174 valence electrons. The van der Waals surface area contributed by atoms with Gasteiger partial charge in [0.15, 0.2) is 0 Å². The molecule has 0 bridgehead atoms. The van der Waals surface area contributed by atoms with Gasteiger partial charge in [-0.2, -0.15) is 0 Å². The highest BCUT2D eigenvalue weighted by atomic mass is 32.2. The van der Waals surface area contributed by atoms with Crippen LogP contribution in [-0.2, 0) is 29.2 Å². The van der Waals surface area contributed by atoms with Crippen LogP contribution < -0.4 is 5.32 Å². The van der Waals surface area contributed by atoms with Crippen LogP contribution in [0.5, 0.6) is 0 Å². The standard InChI is InChI=1S/C28H23N3O3S/c32-26(29-16-20-9-3-1-4-10-20)19-30-18-22(23-13-7-8-14-24(23)30)15-25-27(33)31(28(34)35-25)17-21-11-5-2-6-12-21/h1-15,18H,16-17,19H2,(H,29,32)/b25-15-. The lowest BCUT2D eigenvalue weighted by molar-refractivity contribution is -0.123. The van der Waals surface area contributed by atoms with Crippen LogP contribution in [0.15, 0.2) is 96.0 Å². The molecular weight excluding hydrogens is 458 g/mol. The van der Waals surface area contributed by atoms with Crippen LogP contribution >= 0.6 is 11.8 Å². The number of thioether (sulfide) groups is 1. The molecule has 2 heterocycles. The zero-order valence-corrected chi connectivity index (χ0v) is 19.7. The average Bonchev–Trinajstić information content (AvgIpc) is 3.36. The Labute approximate surface area is 207 Å². The van der Waals surface area contributed by atoms with Crippen molar-refractivity contribution in [2.24, 2.45) is 0 Å². The molecule has 0 unspecified atom stereocenters. The lowest BCUT2D eigenvalue weighted by Gasteiger charge is -2.12. The summed E-state index contributed by atoms with van der Waals surface area (Å²) in [5.41, 5.74) is 3.61. The molecule has 0 atom stereocenters. The Bertz CT molecular complexity index is 1430. The maximum absolute atomic E-state index is 13.0. The van der Waals surface area contributed by atoms with Crippen LogP contribution in [0.1, 0.15) is 16.7 Å². The SMILES string of the molecule is O=C(Cn1cc(/C=C2\SC(=O)N(Cc3ccccc3)C2=O)c2ccccc21)NCc1ccccc1. The van der Waals surface area contributed by atoms with Crippen LogP contribution in [-0.4, -0.2) is 26.5 Å². The van der Waals surface area contributed by atoms with Crippen molar-refractivity contribution in [1.82, 2.24) is 14.8 Å². The average molecular weight is 482 g/mol. The first-order chi connectivity index (χ1) is 17.1. The molecule has 3 aromatic carbocycles. The summed E-state index contributed by atoms with van der Waals surface area (Å²) in [4.78, 5) is 39.9. The number of para-hydroxylation sites is 1. The zero-order chi connectivity index (χ0) is 24.2. The van der Waals surface area contributed by atoms with Crippen LogP contribution in [0.25, 0.3) is 17.0 Å². The lowest BCUT2D eigenvalue weighted by Crippen LogP contribution is -2.27. The Morgan fingerprint density at radius 2 is 1.51 bits per heavy atom. The van der Waals surface area contributed by atoms with E-state index >= 15 is 0 Å². The highest BCUT2D eigenvalue weighted by molar-refractivity contribution is 8.18. The minimum absolute atomic E-state index is 0.107. The molecule has 3 amide bonds. The van der Waals surface area contributed by atoms with E-state index in [9.17, 15) is 14.4 Å². The van der Waals surface area contributed by atoms with Gasteiger partial charge in [0.1, 0.15) is 6.54 Å². The first-order valence-electron chi connectivity index (χ1n) is 11.3. The highest BCUT2D eigenvalue weighted by Crippen LogP contribution is 2.35. The smallest absolute Gasteiger partial charge is 0.293 e. The summed E-state index contributed by atoms with van der Waals surface area (Å²) in [7, 11) is 0. The molecule has 1 aliphatic rings. The fraction of sp³-hybridized carbons (Fsp3) is 0.107. The number of nitrogens with zero attached hydrogens (tertiary/aromatic N) is 2. The van der Waals surface area contributed by atoms with E-state index in [0.29, 0.717) is 11.4 Å². The molecule has 1 saturated heterocycles. The van der Waals surface area contributed by atoms with E-state index in [4.69, 9.17) is 0 Å². The number of aromatic nitrogens is 1. The first kappa shape index (κ1) is 22.7. The van der Waals surface area contributed by atoms with Crippen molar-refractivity contribution in [1.29, 1.82) is 0 Å². The molecule has 1 aromatic heterocycles. The third kappa shape index (κ3) is 5.05. The van der Waals surface area contributed by atoms with Gasteiger partial charge in [0.2, 0.25) is 5.91 Å². The van der Waals surface area contributed by atoms with E-state index in [1.165, 1.54) is 4.90 Å². The Morgan fingerprint density at radius 1 is 0.857 bits per heavy atom. The number of benzene rings is 3. The summed E-state index contributed by atoms with van der Waals surface area (Å²) in [6, 6.07) is 26.9. The molecule has 1 N–H and O–H groups in total. The molecule has 0 saturated carbocycles. The van der Waals surface area contributed by atoms with Gasteiger partial charge in [0, 0.05) is 29.2 Å². The second-order valence-corrected chi connectivity index (χ2v) is 9.24.